The number of nitrogens with one attached hydrogen (secondary N) is 2. The van der Waals surface area contributed by atoms with Gasteiger partial charge in [0.05, 0.1) is 19.3 Å². The van der Waals surface area contributed by atoms with Gasteiger partial charge in [-0.25, -0.2) is 4.79 Å². The minimum atomic E-state index is -0.338. The average Bonchev–Trinajstić information content (AvgIpc) is 2.86. The zero-order chi connectivity index (χ0) is 18.1. The molecular formula is C16H24N2O4S2. The summed E-state index contributed by atoms with van der Waals surface area (Å²) in [6.45, 7) is 6.63. The second kappa shape index (κ2) is 10.2. The molecule has 1 aromatic rings. The first-order chi connectivity index (χ1) is 11.4. The fourth-order valence-electron chi connectivity index (χ4n) is 2.20. The lowest BCUT2D eigenvalue weighted by Gasteiger charge is -2.11. The summed E-state index contributed by atoms with van der Waals surface area (Å²) in [5.74, 6) is -0.587. The number of anilines is 1. The van der Waals surface area contributed by atoms with Crippen molar-refractivity contribution in [1.82, 2.24) is 5.32 Å². The van der Waals surface area contributed by atoms with Crippen molar-refractivity contribution in [3.05, 3.63) is 16.0 Å². The lowest BCUT2D eigenvalue weighted by atomic mass is 10.1. The summed E-state index contributed by atoms with van der Waals surface area (Å²) in [5.41, 5.74) is 1.54. The number of thiocarbonyl (C=S) groups is 1. The van der Waals surface area contributed by atoms with Gasteiger partial charge in [-0.05, 0) is 44.5 Å². The molecule has 0 spiro atoms. The van der Waals surface area contributed by atoms with Gasteiger partial charge in [0.25, 0.3) is 0 Å². The highest BCUT2D eigenvalue weighted by Crippen LogP contribution is 2.34. The molecule has 0 saturated heterocycles. The zero-order valence-corrected chi connectivity index (χ0v) is 16.1. The zero-order valence-electron chi connectivity index (χ0n) is 14.5. The van der Waals surface area contributed by atoms with Gasteiger partial charge in [0, 0.05) is 17.8 Å². The molecule has 2 N–H and O–H groups in total. The van der Waals surface area contributed by atoms with Crippen molar-refractivity contribution in [2.75, 3.05) is 25.6 Å². The van der Waals surface area contributed by atoms with E-state index in [-0.39, 0.29) is 11.9 Å². The lowest BCUT2D eigenvalue weighted by Crippen LogP contribution is -2.30. The van der Waals surface area contributed by atoms with Crippen LogP contribution in [0.5, 0.6) is 0 Å². The third-order valence-corrected chi connectivity index (χ3v) is 4.65. The van der Waals surface area contributed by atoms with Gasteiger partial charge in [0.2, 0.25) is 0 Å². The number of methoxy groups -OCH3 is 1. The molecule has 0 aromatic carbocycles. The molecule has 0 saturated carbocycles. The van der Waals surface area contributed by atoms with E-state index in [0.29, 0.717) is 41.7 Å². The molecule has 0 aliphatic heterocycles. The molecular weight excluding hydrogens is 348 g/mol. The fourth-order valence-corrected chi connectivity index (χ4v) is 3.60. The van der Waals surface area contributed by atoms with E-state index in [4.69, 9.17) is 17.0 Å². The summed E-state index contributed by atoms with van der Waals surface area (Å²) >= 11 is 6.74. The Morgan fingerprint density at radius 1 is 1.29 bits per heavy atom. The van der Waals surface area contributed by atoms with E-state index in [9.17, 15) is 9.59 Å². The average molecular weight is 373 g/mol. The SMILES string of the molecule is CCOC(=O)c1c(NC(=S)NCCCC(=O)OC)sc(C)c1CC. The van der Waals surface area contributed by atoms with Crippen LogP contribution >= 0.6 is 23.6 Å². The smallest absolute Gasteiger partial charge is 0.341 e. The molecule has 0 aliphatic carbocycles. The van der Waals surface area contributed by atoms with Gasteiger partial charge in [-0.3, -0.25) is 4.79 Å². The van der Waals surface area contributed by atoms with Gasteiger partial charge in [-0.15, -0.1) is 11.3 Å². The summed E-state index contributed by atoms with van der Waals surface area (Å²) in [7, 11) is 1.36. The summed E-state index contributed by atoms with van der Waals surface area (Å²) in [5, 5.41) is 7.19. The van der Waals surface area contributed by atoms with Crippen LogP contribution in [-0.2, 0) is 20.7 Å². The number of aryl methyl sites for hydroxylation is 1. The minimum Gasteiger partial charge on any atom is -0.469 e. The first kappa shape index (κ1) is 20.4. The first-order valence-electron chi connectivity index (χ1n) is 7.85. The number of rotatable bonds is 8. The van der Waals surface area contributed by atoms with E-state index in [1.807, 2.05) is 13.8 Å². The van der Waals surface area contributed by atoms with Crippen LogP contribution in [0.4, 0.5) is 5.00 Å². The Morgan fingerprint density at radius 3 is 2.58 bits per heavy atom. The third-order valence-electron chi connectivity index (χ3n) is 3.34. The second-order valence-electron chi connectivity index (χ2n) is 4.98. The Labute approximate surface area is 151 Å². The Morgan fingerprint density at radius 2 is 2.00 bits per heavy atom. The number of thiophene rings is 1. The topological polar surface area (TPSA) is 76.7 Å². The molecule has 1 aromatic heterocycles. The molecule has 24 heavy (non-hydrogen) atoms. The quantitative estimate of drug-likeness (QED) is 0.413. The Bertz CT molecular complexity index is 599. The van der Waals surface area contributed by atoms with Crippen molar-refractivity contribution in [3.63, 3.8) is 0 Å². The highest BCUT2D eigenvalue weighted by atomic mass is 32.1. The molecule has 1 heterocycles. The van der Waals surface area contributed by atoms with Crippen molar-refractivity contribution in [3.8, 4) is 0 Å². The minimum absolute atomic E-state index is 0.248. The highest BCUT2D eigenvalue weighted by Gasteiger charge is 2.22. The van der Waals surface area contributed by atoms with E-state index < -0.39 is 0 Å². The molecule has 0 radical (unpaired) electrons. The van der Waals surface area contributed by atoms with E-state index in [0.717, 1.165) is 16.9 Å². The standard InChI is InChI=1S/C16H24N2O4S2/c1-5-11-10(3)24-14(13(11)15(20)22-6-2)18-16(23)17-9-7-8-12(19)21-4/h5-9H2,1-4H3,(H2,17,18,23). The number of carbonyl (C=O) groups is 2. The van der Waals surface area contributed by atoms with E-state index in [1.165, 1.54) is 18.4 Å². The van der Waals surface area contributed by atoms with Crippen LogP contribution in [0, 0.1) is 6.92 Å². The number of esters is 2. The number of hydrogen-bond acceptors (Lipinski definition) is 6. The Hall–Kier alpha value is -1.67. The van der Waals surface area contributed by atoms with Crippen LogP contribution in [0.25, 0.3) is 0 Å². The van der Waals surface area contributed by atoms with Crippen molar-refractivity contribution < 1.29 is 19.1 Å². The first-order valence-corrected chi connectivity index (χ1v) is 9.08. The molecule has 0 unspecified atom stereocenters. The monoisotopic (exact) mass is 372 g/mol. The van der Waals surface area contributed by atoms with Crippen LogP contribution in [0.15, 0.2) is 0 Å². The van der Waals surface area contributed by atoms with E-state index in [1.54, 1.807) is 6.92 Å². The largest absolute Gasteiger partial charge is 0.469 e. The maximum absolute atomic E-state index is 12.2. The molecule has 1 rings (SSSR count). The second-order valence-corrected chi connectivity index (χ2v) is 6.61. The molecule has 0 bridgehead atoms. The van der Waals surface area contributed by atoms with Crippen LogP contribution in [0.3, 0.4) is 0 Å². The van der Waals surface area contributed by atoms with Gasteiger partial charge in [-0.1, -0.05) is 6.92 Å². The van der Waals surface area contributed by atoms with Gasteiger partial charge in [0.15, 0.2) is 5.11 Å². The maximum Gasteiger partial charge on any atom is 0.341 e. The van der Waals surface area contributed by atoms with Gasteiger partial charge < -0.3 is 20.1 Å². The molecule has 8 heteroatoms. The van der Waals surface area contributed by atoms with Gasteiger partial charge >= 0.3 is 11.9 Å². The number of carbonyl (C=O) groups excluding carboxylic acids is 2. The molecule has 6 nitrogen and oxygen atoms in total. The van der Waals surface area contributed by atoms with Crippen LogP contribution in [0.1, 0.15) is 47.5 Å². The molecule has 134 valence electrons. The summed E-state index contributed by atoms with van der Waals surface area (Å²) in [6, 6.07) is 0. The molecule has 0 amide bonds. The van der Waals surface area contributed by atoms with Crippen LogP contribution in [0.2, 0.25) is 0 Å². The van der Waals surface area contributed by atoms with Crippen LogP contribution in [-0.4, -0.2) is 37.3 Å². The number of hydrogen-bond donors (Lipinski definition) is 2. The lowest BCUT2D eigenvalue weighted by molar-refractivity contribution is -0.140. The van der Waals surface area contributed by atoms with E-state index >= 15 is 0 Å². The van der Waals surface area contributed by atoms with Crippen LogP contribution < -0.4 is 10.6 Å². The summed E-state index contributed by atoms with van der Waals surface area (Å²) in [6.07, 6.45) is 1.69. The van der Waals surface area contributed by atoms with Crippen molar-refractivity contribution in [1.29, 1.82) is 0 Å². The third kappa shape index (κ3) is 5.76. The molecule has 0 aliphatic rings. The van der Waals surface area contributed by atoms with Gasteiger partial charge in [0.1, 0.15) is 5.00 Å². The van der Waals surface area contributed by atoms with Crippen molar-refractivity contribution >= 4 is 45.6 Å². The van der Waals surface area contributed by atoms with Gasteiger partial charge in [-0.2, -0.15) is 0 Å². The summed E-state index contributed by atoms with van der Waals surface area (Å²) < 4.78 is 9.74. The van der Waals surface area contributed by atoms with Crippen molar-refractivity contribution in [2.24, 2.45) is 0 Å². The predicted octanol–water partition coefficient (Wildman–Crippen LogP) is 3.04. The normalized spacial score (nSPS) is 10.2. The predicted molar refractivity (Wildman–Crippen MR) is 99.9 cm³/mol. The highest BCUT2D eigenvalue weighted by molar-refractivity contribution is 7.80. The number of ether oxygens (including phenoxy) is 2. The van der Waals surface area contributed by atoms with Crippen molar-refractivity contribution in [2.45, 2.75) is 40.0 Å². The Balaban J connectivity index is 2.71. The molecule has 0 atom stereocenters. The molecule has 0 fully saturated rings. The fraction of sp³-hybridized carbons (Fsp3) is 0.562. The van der Waals surface area contributed by atoms with E-state index in [2.05, 4.69) is 15.4 Å². The summed E-state index contributed by atoms with van der Waals surface area (Å²) in [4.78, 5) is 24.4. The Kier molecular flexibility index (Phi) is 8.70. The maximum atomic E-state index is 12.2.